The third-order valence-electron chi connectivity index (χ3n) is 3.41. The summed E-state index contributed by atoms with van der Waals surface area (Å²) in [6.07, 6.45) is 3.74. The highest BCUT2D eigenvalue weighted by Crippen LogP contribution is 2.33. The number of carbonyl (C=O) groups excluding carboxylic acids is 1. The molecular formula is C15H16N2O3S. The molecule has 1 aromatic rings. The summed E-state index contributed by atoms with van der Waals surface area (Å²) in [6, 6.07) is 5.57. The number of nitrogens with zero attached hydrogens (tertiary/aromatic N) is 1. The van der Waals surface area contributed by atoms with Crippen molar-refractivity contribution in [1.82, 2.24) is 10.2 Å². The first-order valence-electron chi connectivity index (χ1n) is 6.93. The van der Waals surface area contributed by atoms with E-state index in [1.165, 1.54) is 0 Å². The Bertz CT molecular complexity index is 627. The van der Waals surface area contributed by atoms with Crippen LogP contribution in [0.15, 0.2) is 23.9 Å². The number of rotatable bonds is 4. The number of unbranched alkanes of at least 4 members (excludes halogenated alkanes) is 1. The number of fused-ring (bicyclic) bond motifs is 1. The number of nitrogens with one attached hydrogen (secondary N) is 1. The van der Waals surface area contributed by atoms with Crippen molar-refractivity contribution in [2.45, 2.75) is 19.8 Å². The first-order valence-corrected chi connectivity index (χ1v) is 7.34. The highest BCUT2D eigenvalue weighted by molar-refractivity contribution is 7.80. The lowest BCUT2D eigenvalue weighted by molar-refractivity contribution is -0.122. The third-order valence-corrected chi connectivity index (χ3v) is 3.73. The molecule has 0 radical (unpaired) electrons. The molecule has 2 heterocycles. The Morgan fingerprint density at radius 3 is 3.00 bits per heavy atom. The highest BCUT2D eigenvalue weighted by atomic mass is 32.1. The van der Waals surface area contributed by atoms with Gasteiger partial charge < -0.3 is 14.8 Å². The minimum absolute atomic E-state index is 0.0777. The molecule has 6 heteroatoms. The van der Waals surface area contributed by atoms with Gasteiger partial charge in [-0.1, -0.05) is 19.4 Å². The van der Waals surface area contributed by atoms with Crippen molar-refractivity contribution >= 4 is 29.3 Å². The SMILES string of the molecule is CCCCN1C(=O)/C(=C/c2ccc3c(c2)OCO3)NC1=S. The van der Waals surface area contributed by atoms with Crippen LogP contribution in [0.5, 0.6) is 11.5 Å². The van der Waals surface area contributed by atoms with E-state index in [2.05, 4.69) is 12.2 Å². The van der Waals surface area contributed by atoms with Crippen LogP contribution in [0.25, 0.3) is 6.08 Å². The van der Waals surface area contributed by atoms with E-state index in [9.17, 15) is 4.79 Å². The van der Waals surface area contributed by atoms with E-state index < -0.39 is 0 Å². The second-order valence-corrected chi connectivity index (χ2v) is 5.30. The summed E-state index contributed by atoms with van der Waals surface area (Å²) >= 11 is 5.21. The van der Waals surface area contributed by atoms with Gasteiger partial charge in [0, 0.05) is 6.54 Å². The normalized spacial score (nSPS) is 18.5. The Labute approximate surface area is 128 Å². The Hall–Kier alpha value is -2.08. The van der Waals surface area contributed by atoms with Gasteiger partial charge in [0.15, 0.2) is 16.6 Å². The zero-order chi connectivity index (χ0) is 14.8. The van der Waals surface area contributed by atoms with Crippen LogP contribution in [0.4, 0.5) is 0 Å². The van der Waals surface area contributed by atoms with Crippen LogP contribution >= 0.6 is 12.2 Å². The molecule has 0 aliphatic carbocycles. The zero-order valence-corrected chi connectivity index (χ0v) is 12.5. The fourth-order valence-electron chi connectivity index (χ4n) is 2.26. The number of hydrogen-bond donors (Lipinski definition) is 1. The van der Waals surface area contributed by atoms with Gasteiger partial charge in [0.1, 0.15) is 5.70 Å². The second-order valence-electron chi connectivity index (χ2n) is 4.91. The predicted octanol–water partition coefficient (Wildman–Crippen LogP) is 2.27. The summed E-state index contributed by atoms with van der Waals surface area (Å²) in [5, 5.41) is 3.45. The van der Waals surface area contributed by atoms with Gasteiger partial charge in [-0.3, -0.25) is 9.69 Å². The highest BCUT2D eigenvalue weighted by Gasteiger charge is 2.29. The standard InChI is InChI=1S/C15H16N2O3S/c1-2-3-6-17-14(18)11(16-15(17)21)7-10-4-5-12-13(8-10)20-9-19-12/h4-5,7-8H,2-3,6,9H2,1H3,(H,16,21)/b11-7-. The summed E-state index contributed by atoms with van der Waals surface area (Å²) in [5.41, 5.74) is 1.37. The maximum absolute atomic E-state index is 12.3. The Kier molecular flexibility index (Phi) is 3.79. The van der Waals surface area contributed by atoms with Crippen molar-refractivity contribution in [3.8, 4) is 11.5 Å². The molecule has 0 saturated carbocycles. The average Bonchev–Trinajstić information content (AvgIpc) is 3.03. The first kappa shape index (κ1) is 13.9. The van der Waals surface area contributed by atoms with E-state index in [0.29, 0.717) is 23.1 Å². The summed E-state index contributed by atoms with van der Waals surface area (Å²) < 4.78 is 10.6. The average molecular weight is 304 g/mol. The molecule has 1 aromatic carbocycles. The maximum atomic E-state index is 12.3. The molecule has 0 atom stereocenters. The topological polar surface area (TPSA) is 50.8 Å². The molecule has 3 rings (SSSR count). The molecule has 1 saturated heterocycles. The number of ether oxygens (including phenoxy) is 2. The van der Waals surface area contributed by atoms with E-state index in [-0.39, 0.29) is 12.7 Å². The largest absolute Gasteiger partial charge is 0.454 e. The van der Waals surface area contributed by atoms with Crippen molar-refractivity contribution in [2.24, 2.45) is 0 Å². The number of benzene rings is 1. The first-order chi connectivity index (χ1) is 10.2. The number of amides is 1. The molecule has 2 aliphatic heterocycles. The van der Waals surface area contributed by atoms with Crippen LogP contribution in [0.1, 0.15) is 25.3 Å². The molecule has 1 N–H and O–H groups in total. The lowest BCUT2D eigenvalue weighted by Gasteiger charge is -2.12. The van der Waals surface area contributed by atoms with Gasteiger partial charge in [-0.15, -0.1) is 0 Å². The molecule has 0 aromatic heterocycles. The fourth-order valence-corrected chi connectivity index (χ4v) is 2.54. The van der Waals surface area contributed by atoms with Crippen molar-refractivity contribution in [1.29, 1.82) is 0 Å². The Balaban J connectivity index is 1.80. The molecule has 0 spiro atoms. The molecule has 0 bridgehead atoms. The maximum Gasteiger partial charge on any atom is 0.276 e. The smallest absolute Gasteiger partial charge is 0.276 e. The van der Waals surface area contributed by atoms with Crippen LogP contribution in [-0.4, -0.2) is 29.3 Å². The molecule has 1 amide bonds. The molecule has 2 aliphatic rings. The van der Waals surface area contributed by atoms with Crippen LogP contribution < -0.4 is 14.8 Å². The van der Waals surface area contributed by atoms with E-state index in [4.69, 9.17) is 21.7 Å². The van der Waals surface area contributed by atoms with E-state index in [1.54, 1.807) is 11.0 Å². The Morgan fingerprint density at radius 1 is 1.38 bits per heavy atom. The molecule has 5 nitrogen and oxygen atoms in total. The minimum Gasteiger partial charge on any atom is -0.454 e. The molecular weight excluding hydrogens is 288 g/mol. The number of carbonyl (C=O) groups is 1. The van der Waals surface area contributed by atoms with Gasteiger partial charge >= 0.3 is 0 Å². The predicted molar refractivity (Wildman–Crippen MR) is 82.9 cm³/mol. The van der Waals surface area contributed by atoms with Gasteiger partial charge in [-0.05, 0) is 42.4 Å². The molecule has 0 unspecified atom stereocenters. The van der Waals surface area contributed by atoms with Gasteiger partial charge in [-0.25, -0.2) is 0 Å². The van der Waals surface area contributed by atoms with Crippen LogP contribution in [0.2, 0.25) is 0 Å². The zero-order valence-electron chi connectivity index (χ0n) is 11.7. The monoisotopic (exact) mass is 304 g/mol. The lowest BCUT2D eigenvalue weighted by atomic mass is 10.1. The second kappa shape index (κ2) is 5.73. The van der Waals surface area contributed by atoms with Crippen molar-refractivity contribution in [2.75, 3.05) is 13.3 Å². The lowest BCUT2D eigenvalue weighted by Crippen LogP contribution is -2.31. The quantitative estimate of drug-likeness (QED) is 0.683. The van der Waals surface area contributed by atoms with Crippen LogP contribution in [0.3, 0.4) is 0 Å². The van der Waals surface area contributed by atoms with Crippen molar-refractivity contribution < 1.29 is 14.3 Å². The Morgan fingerprint density at radius 2 is 2.19 bits per heavy atom. The van der Waals surface area contributed by atoms with E-state index >= 15 is 0 Å². The summed E-state index contributed by atoms with van der Waals surface area (Å²) in [4.78, 5) is 13.9. The summed E-state index contributed by atoms with van der Waals surface area (Å²) in [5.74, 6) is 1.34. The van der Waals surface area contributed by atoms with Gasteiger partial charge in [-0.2, -0.15) is 0 Å². The molecule has 110 valence electrons. The summed E-state index contributed by atoms with van der Waals surface area (Å²) in [6.45, 7) is 2.97. The van der Waals surface area contributed by atoms with Gasteiger partial charge in [0.25, 0.3) is 5.91 Å². The molecule has 21 heavy (non-hydrogen) atoms. The van der Waals surface area contributed by atoms with E-state index in [1.807, 2.05) is 18.2 Å². The molecule has 1 fully saturated rings. The van der Waals surface area contributed by atoms with E-state index in [0.717, 1.165) is 24.2 Å². The number of thiocarbonyl (C=S) groups is 1. The minimum atomic E-state index is -0.0777. The number of hydrogen-bond acceptors (Lipinski definition) is 4. The van der Waals surface area contributed by atoms with Crippen LogP contribution in [0, 0.1) is 0 Å². The summed E-state index contributed by atoms with van der Waals surface area (Å²) in [7, 11) is 0. The third kappa shape index (κ3) is 2.71. The van der Waals surface area contributed by atoms with Crippen molar-refractivity contribution in [3.63, 3.8) is 0 Å². The van der Waals surface area contributed by atoms with Crippen LogP contribution in [-0.2, 0) is 4.79 Å². The fraction of sp³-hybridized carbons (Fsp3) is 0.333. The van der Waals surface area contributed by atoms with Gasteiger partial charge in [0.05, 0.1) is 0 Å². The van der Waals surface area contributed by atoms with Gasteiger partial charge in [0.2, 0.25) is 6.79 Å². The van der Waals surface area contributed by atoms with Crippen molar-refractivity contribution in [3.05, 3.63) is 29.5 Å².